The zero-order chi connectivity index (χ0) is 40.6. The van der Waals surface area contributed by atoms with Gasteiger partial charge in [-0.05, 0) is 96.1 Å². The second kappa shape index (κ2) is 13.6. The molecule has 6 heteroatoms. The molecule has 2 heterocycles. The lowest BCUT2D eigenvalue weighted by molar-refractivity contribution is -0.137. The van der Waals surface area contributed by atoms with Crippen molar-refractivity contribution in [3.63, 3.8) is 0 Å². The molecule has 0 aliphatic heterocycles. The number of nitrogens with zero attached hydrogens (tertiary/aromatic N) is 3. The molecule has 2 aromatic heterocycles. The van der Waals surface area contributed by atoms with Gasteiger partial charge in [-0.25, -0.2) is 4.85 Å². The number of benzene rings is 8. The van der Waals surface area contributed by atoms with Gasteiger partial charge in [-0.3, -0.25) is 0 Å². The molecule has 0 N–H and O–H groups in total. The Bertz CT molecular complexity index is 3370. The standard InChI is InChI=1S/C53H36F3N3/c1-32-12-9-15-35(28-32)37-22-24-41-39-17-5-7-20-45(39)58(48(41)30-37)47-27-26-43(50-34(3)14-11-19-44(50)53(54,55)56)52(51(47)57-4)59-46-21-8-6-18-40(46)42-25-23-38(31-49(42)59)36-16-10-13-33(2)29-36/h5-31H,1-3H3. The highest BCUT2D eigenvalue weighted by Crippen LogP contribution is 2.49. The van der Waals surface area contributed by atoms with Crippen molar-refractivity contribution < 1.29 is 13.2 Å². The van der Waals surface area contributed by atoms with Gasteiger partial charge < -0.3 is 9.13 Å². The molecular formula is C53H36F3N3. The van der Waals surface area contributed by atoms with Gasteiger partial charge in [-0.15, -0.1) is 0 Å². The predicted molar refractivity (Wildman–Crippen MR) is 237 cm³/mol. The van der Waals surface area contributed by atoms with Gasteiger partial charge in [0.2, 0.25) is 5.69 Å². The molecule has 0 aliphatic rings. The van der Waals surface area contributed by atoms with E-state index in [0.717, 1.165) is 83.1 Å². The average molecular weight is 772 g/mol. The minimum atomic E-state index is -4.65. The molecule has 0 fully saturated rings. The van der Waals surface area contributed by atoms with Crippen LogP contribution in [-0.2, 0) is 6.18 Å². The smallest absolute Gasteiger partial charge is 0.319 e. The number of aromatic nitrogens is 2. The number of para-hydroxylation sites is 2. The van der Waals surface area contributed by atoms with Crippen LogP contribution in [0.5, 0.6) is 0 Å². The summed E-state index contributed by atoms with van der Waals surface area (Å²) in [7, 11) is 0. The molecule has 0 atom stereocenters. The maximum Gasteiger partial charge on any atom is 0.417 e. The molecule has 10 aromatic rings. The van der Waals surface area contributed by atoms with E-state index in [0.29, 0.717) is 22.5 Å². The van der Waals surface area contributed by atoms with Crippen molar-refractivity contribution in [1.29, 1.82) is 0 Å². The normalized spacial score (nSPS) is 11.9. The molecule has 0 aliphatic carbocycles. The van der Waals surface area contributed by atoms with E-state index in [9.17, 15) is 0 Å². The van der Waals surface area contributed by atoms with E-state index in [2.05, 4.69) is 102 Å². The molecule has 0 saturated carbocycles. The highest BCUT2D eigenvalue weighted by molar-refractivity contribution is 6.13. The average Bonchev–Trinajstić information content (AvgIpc) is 3.74. The molecule has 0 bridgehead atoms. The Morgan fingerprint density at radius 2 is 0.983 bits per heavy atom. The number of hydrogen-bond donors (Lipinski definition) is 0. The highest BCUT2D eigenvalue weighted by atomic mass is 19.4. The lowest BCUT2D eigenvalue weighted by Crippen LogP contribution is -2.10. The second-order valence-electron chi connectivity index (χ2n) is 15.3. The van der Waals surface area contributed by atoms with Crippen LogP contribution in [0.1, 0.15) is 22.3 Å². The lowest BCUT2D eigenvalue weighted by atomic mass is 9.92. The van der Waals surface area contributed by atoms with Crippen LogP contribution < -0.4 is 0 Å². The number of rotatable bonds is 5. The quantitative estimate of drug-likeness (QED) is 0.155. The molecule has 3 nitrogen and oxygen atoms in total. The second-order valence-corrected chi connectivity index (χ2v) is 15.3. The van der Waals surface area contributed by atoms with Crippen LogP contribution in [0.3, 0.4) is 0 Å². The van der Waals surface area contributed by atoms with Crippen LogP contribution in [0.2, 0.25) is 0 Å². The molecule has 0 amide bonds. The van der Waals surface area contributed by atoms with Gasteiger partial charge in [0.05, 0.1) is 45.6 Å². The van der Waals surface area contributed by atoms with Crippen LogP contribution in [0.15, 0.2) is 164 Å². The van der Waals surface area contributed by atoms with Gasteiger partial charge >= 0.3 is 6.18 Å². The van der Waals surface area contributed by atoms with Gasteiger partial charge in [0.1, 0.15) is 0 Å². The summed E-state index contributed by atoms with van der Waals surface area (Å²) in [6.07, 6.45) is -4.65. The van der Waals surface area contributed by atoms with Crippen molar-refractivity contribution in [2.75, 3.05) is 0 Å². The fraction of sp³-hybridized carbons (Fsp3) is 0.0755. The summed E-state index contributed by atoms with van der Waals surface area (Å²) in [6, 6.07) is 53.3. The third-order valence-corrected chi connectivity index (χ3v) is 11.6. The van der Waals surface area contributed by atoms with Crippen LogP contribution >= 0.6 is 0 Å². The fourth-order valence-corrected chi connectivity index (χ4v) is 9.00. The van der Waals surface area contributed by atoms with E-state index in [1.165, 1.54) is 6.07 Å². The Hall–Kier alpha value is -7.36. The summed E-state index contributed by atoms with van der Waals surface area (Å²) >= 11 is 0. The summed E-state index contributed by atoms with van der Waals surface area (Å²) < 4.78 is 49.5. The van der Waals surface area contributed by atoms with E-state index in [4.69, 9.17) is 6.57 Å². The van der Waals surface area contributed by atoms with E-state index in [-0.39, 0.29) is 11.3 Å². The van der Waals surface area contributed by atoms with E-state index in [1.54, 1.807) is 19.1 Å². The summed E-state index contributed by atoms with van der Waals surface area (Å²) in [5, 5.41) is 3.89. The number of halogens is 3. The minimum absolute atomic E-state index is 0.0520. The van der Waals surface area contributed by atoms with Gasteiger partial charge in [-0.2, -0.15) is 13.2 Å². The number of fused-ring (bicyclic) bond motifs is 6. The van der Waals surface area contributed by atoms with Gasteiger partial charge in [0.25, 0.3) is 0 Å². The lowest BCUT2D eigenvalue weighted by Gasteiger charge is -2.23. The van der Waals surface area contributed by atoms with Gasteiger partial charge in [0.15, 0.2) is 0 Å². The predicted octanol–water partition coefficient (Wildman–Crippen LogP) is 15.4. The Kier molecular flexibility index (Phi) is 8.33. The number of hydrogen-bond acceptors (Lipinski definition) is 0. The Morgan fingerprint density at radius 3 is 1.54 bits per heavy atom. The maximum absolute atomic E-state index is 15.1. The topological polar surface area (TPSA) is 14.2 Å². The molecule has 0 unspecified atom stereocenters. The van der Waals surface area contributed by atoms with E-state index >= 15 is 13.2 Å². The van der Waals surface area contributed by atoms with Crippen molar-refractivity contribution in [2.24, 2.45) is 0 Å². The third kappa shape index (κ3) is 5.81. The first kappa shape index (κ1) is 36.0. The van der Waals surface area contributed by atoms with Gasteiger partial charge in [-0.1, -0.05) is 139 Å². The molecule has 0 radical (unpaired) electrons. The van der Waals surface area contributed by atoms with Crippen LogP contribution in [0.25, 0.3) is 93.2 Å². The molecule has 10 rings (SSSR count). The highest BCUT2D eigenvalue weighted by Gasteiger charge is 2.36. The zero-order valence-electron chi connectivity index (χ0n) is 32.6. The first-order chi connectivity index (χ1) is 28.6. The monoisotopic (exact) mass is 771 g/mol. The summed E-state index contributed by atoms with van der Waals surface area (Å²) in [5.41, 5.74) is 11.0. The summed E-state index contributed by atoms with van der Waals surface area (Å²) in [4.78, 5) is 4.33. The molecule has 59 heavy (non-hydrogen) atoms. The largest absolute Gasteiger partial charge is 0.417 e. The minimum Gasteiger partial charge on any atom is -0.319 e. The summed E-state index contributed by atoms with van der Waals surface area (Å²) in [6.45, 7) is 14.9. The van der Waals surface area contributed by atoms with Crippen molar-refractivity contribution >= 4 is 49.3 Å². The Labute approximate surface area is 339 Å². The van der Waals surface area contributed by atoms with E-state index < -0.39 is 11.7 Å². The van der Waals surface area contributed by atoms with Crippen molar-refractivity contribution in [2.45, 2.75) is 26.9 Å². The molecule has 284 valence electrons. The van der Waals surface area contributed by atoms with Crippen molar-refractivity contribution in [3.8, 4) is 44.8 Å². The van der Waals surface area contributed by atoms with Gasteiger partial charge in [0, 0.05) is 21.5 Å². The number of alkyl halides is 3. The Balaban J connectivity index is 1.38. The SMILES string of the molecule is [C-]#[N+]c1c(-n2c3ccccc3c3ccc(-c4cccc(C)c4)cc32)ccc(-c2c(C)cccc2C(F)(F)F)c1-n1c2ccccc2c2ccc(-c3cccc(C)c3)cc21. The third-order valence-electron chi connectivity index (χ3n) is 11.6. The van der Waals surface area contributed by atoms with Crippen LogP contribution in [-0.4, -0.2) is 9.13 Å². The van der Waals surface area contributed by atoms with E-state index in [1.807, 2.05) is 65.2 Å². The van der Waals surface area contributed by atoms with Crippen molar-refractivity contribution in [3.05, 3.63) is 197 Å². The fourth-order valence-electron chi connectivity index (χ4n) is 9.00. The first-order valence-electron chi connectivity index (χ1n) is 19.5. The van der Waals surface area contributed by atoms with Crippen LogP contribution in [0, 0.1) is 27.3 Å². The first-order valence-corrected chi connectivity index (χ1v) is 19.5. The molecule has 0 saturated heterocycles. The van der Waals surface area contributed by atoms with Crippen LogP contribution in [0.4, 0.5) is 18.9 Å². The molecule has 8 aromatic carbocycles. The summed E-state index contributed by atoms with van der Waals surface area (Å²) in [5.74, 6) is 0. The Morgan fingerprint density at radius 1 is 0.475 bits per heavy atom. The maximum atomic E-state index is 15.1. The molecular weight excluding hydrogens is 736 g/mol. The molecule has 0 spiro atoms. The number of aryl methyl sites for hydroxylation is 3. The van der Waals surface area contributed by atoms with Crippen molar-refractivity contribution in [1.82, 2.24) is 9.13 Å². The zero-order valence-corrected chi connectivity index (χ0v) is 32.6.